The van der Waals surface area contributed by atoms with Gasteiger partial charge in [-0.05, 0) is 48.6 Å². The molecule has 2 aromatic heterocycles. The van der Waals surface area contributed by atoms with Gasteiger partial charge in [0.1, 0.15) is 5.75 Å². The summed E-state index contributed by atoms with van der Waals surface area (Å²) in [7, 11) is 0. The van der Waals surface area contributed by atoms with Gasteiger partial charge in [-0.2, -0.15) is 0 Å². The first-order valence-corrected chi connectivity index (χ1v) is 9.29. The SMILES string of the molecule is Oc1ccccc1N1C(=S)NC(c2ccccn2)C1c1ccc(Cl)s1. The van der Waals surface area contributed by atoms with Gasteiger partial charge in [-0.1, -0.05) is 29.8 Å². The number of nitrogens with zero attached hydrogens (tertiary/aromatic N) is 2. The van der Waals surface area contributed by atoms with Crippen LogP contribution in [0.15, 0.2) is 60.8 Å². The smallest absolute Gasteiger partial charge is 0.174 e. The summed E-state index contributed by atoms with van der Waals surface area (Å²) in [6.07, 6.45) is 1.77. The quantitative estimate of drug-likeness (QED) is 0.639. The van der Waals surface area contributed by atoms with Crippen LogP contribution in [0, 0.1) is 0 Å². The van der Waals surface area contributed by atoms with Gasteiger partial charge in [0.25, 0.3) is 0 Å². The molecule has 0 bridgehead atoms. The van der Waals surface area contributed by atoms with Crippen LogP contribution >= 0.6 is 35.2 Å². The Labute approximate surface area is 159 Å². The van der Waals surface area contributed by atoms with Crippen molar-refractivity contribution in [3.63, 3.8) is 0 Å². The van der Waals surface area contributed by atoms with E-state index in [0.29, 0.717) is 15.1 Å². The zero-order valence-corrected chi connectivity index (χ0v) is 15.4. The number of para-hydroxylation sites is 2. The fourth-order valence-corrected chi connectivity index (χ4v) is 4.59. The van der Waals surface area contributed by atoms with Gasteiger partial charge in [0.05, 0.1) is 27.8 Å². The third-order valence-corrected chi connectivity index (χ3v) is 5.74. The summed E-state index contributed by atoms with van der Waals surface area (Å²) in [5.41, 5.74) is 1.55. The van der Waals surface area contributed by atoms with Crippen molar-refractivity contribution in [2.45, 2.75) is 12.1 Å². The summed E-state index contributed by atoms with van der Waals surface area (Å²) in [4.78, 5) is 7.48. The predicted molar refractivity (Wildman–Crippen MR) is 105 cm³/mol. The van der Waals surface area contributed by atoms with Gasteiger partial charge in [0.2, 0.25) is 0 Å². The average Bonchev–Trinajstić information content (AvgIpc) is 3.19. The summed E-state index contributed by atoms with van der Waals surface area (Å²) < 4.78 is 0.713. The lowest BCUT2D eigenvalue weighted by Gasteiger charge is -2.27. The first-order chi connectivity index (χ1) is 12.1. The number of benzene rings is 1. The molecule has 7 heteroatoms. The molecule has 126 valence electrons. The Morgan fingerprint density at radius 2 is 1.92 bits per heavy atom. The van der Waals surface area contributed by atoms with Gasteiger partial charge >= 0.3 is 0 Å². The third-order valence-electron chi connectivity index (χ3n) is 4.12. The van der Waals surface area contributed by atoms with Crippen molar-refractivity contribution in [1.82, 2.24) is 10.3 Å². The van der Waals surface area contributed by atoms with Crippen LogP contribution in [0.5, 0.6) is 5.75 Å². The first kappa shape index (κ1) is 16.3. The van der Waals surface area contributed by atoms with Crippen molar-refractivity contribution in [2.75, 3.05) is 4.90 Å². The highest BCUT2D eigenvalue weighted by Crippen LogP contribution is 2.46. The van der Waals surface area contributed by atoms with Crippen LogP contribution in [-0.2, 0) is 0 Å². The number of rotatable bonds is 3. The Morgan fingerprint density at radius 1 is 1.12 bits per heavy atom. The molecule has 2 N–H and O–H groups in total. The second-order valence-electron chi connectivity index (χ2n) is 5.63. The fourth-order valence-electron chi connectivity index (χ4n) is 3.06. The molecule has 3 heterocycles. The van der Waals surface area contributed by atoms with Crippen molar-refractivity contribution in [3.05, 3.63) is 75.7 Å². The Morgan fingerprint density at radius 3 is 2.60 bits per heavy atom. The zero-order valence-electron chi connectivity index (χ0n) is 13.0. The van der Waals surface area contributed by atoms with Crippen LogP contribution in [0.25, 0.3) is 0 Å². The molecule has 0 aliphatic carbocycles. The second-order valence-corrected chi connectivity index (χ2v) is 7.76. The molecule has 1 aromatic carbocycles. The highest BCUT2D eigenvalue weighted by molar-refractivity contribution is 7.80. The number of anilines is 1. The maximum Gasteiger partial charge on any atom is 0.174 e. The van der Waals surface area contributed by atoms with E-state index in [4.69, 9.17) is 23.8 Å². The molecule has 3 aromatic rings. The maximum absolute atomic E-state index is 10.3. The van der Waals surface area contributed by atoms with E-state index in [2.05, 4.69) is 10.3 Å². The number of halogens is 1. The lowest BCUT2D eigenvalue weighted by atomic mass is 10.0. The number of nitrogens with one attached hydrogen (secondary N) is 1. The molecule has 1 aliphatic heterocycles. The van der Waals surface area contributed by atoms with E-state index in [1.807, 2.05) is 47.4 Å². The first-order valence-electron chi connectivity index (χ1n) is 7.69. The molecular formula is C18H14ClN3OS2. The largest absolute Gasteiger partial charge is 0.506 e. The van der Waals surface area contributed by atoms with Crippen molar-refractivity contribution in [2.24, 2.45) is 0 Å². The average molecular weight is 388 g/mol. The molecule has 1 saturated heterocycles. The monoisotopic (exact) mass is 387 g/mol. The van der Waals surface area contributed by atoms with E-state index in [9.17, 15) is 5.11 Å². The fraction of sp³-hybridized carbons (Fsp3) is 0.111. The number of phenolic OH excluding ortho intramolecular Hbond substituents is 1. The number of phenols is 1. The summed E-state index contributed by atoms with van der Waals surface area (Å²) in [5, 5.41) is 14.2. The maximum atomic E-state index is 10.3. The van der Waals surface area contributed by atoms with Gasteiger partial charge in [-0.25, -0.2) is 0 Å². The molecule has 4 nitrogen and oxygen atoms in total. The van der Waals surface area contributed by atoms with Crippen LogP contribution in [0.2, 0.25) is 4.34 Å². The second kappa shape index (κ2) is 6.63. The Hall–Kier alpha value is -2.15. The number of aromatic nitrogens is 1. The number of aromatic hydroxyl groups is 1. The number of hydrogen-bond acceptors (Lipinski definition) is 4. The minimum atomic E-state index is -0.145. The van der Waals surface area contributed by atoms with Crippen LogP contribution in [0.4, 0.5) is 5.69 Å². The van der Waals surface area contributed by atoms with Crippen molar-refractivity contribution < 1.29 is 5.11 Å². The van der Waals surface area contributed by atoms with Crippen molar-refractivity contribution >= 4 is 46.0 Å². The van der Waals surface area contributed by atoms with Crippen molar-refractivity contribution in [3.8, 4) is 5.75 Å². The molecule has 0 radical (unpaired) electrons. The number of thiophene rings is 1. The highest BCUT2D eigenvalue weighted by Gasteiger charge is 2.42. The molecule has 0 spiro atoms. The Kier molecular flexibility index (Phi) is 4.33. The molecule has 1 fully saturated rings. The zero-order chi connectivity index (χ0) is 17.4. The van der Waals surface area contributed by atoms with E-state index in [-0.39, 0.29) is 17.8 Å². The highest BCUT2D eigenvalue weighted by atomic mass is 35.5. The van der Waals surface area contributed by atoms with Crippen molar-refractivity contribution in [1.29, 1.82) is 0 Å². The summed E-state index contributed by atoms with van der Waals surface area (Å²) in [6.45, 7) is 0. The van der Waals surface area contributed by atoms with Crippen LogP contribution in [0.1, 0.15) is 22.7 Å². The topological polar surface area (TPSA) is 48.4 Å². The third kappa shape index (κ3) is 2.97. The molecular weight excluding hydrogens is 374 g/mol. The van der Waals surface area contributed by atoms with E-state index >= 15 is 0 Å². The molecule has 4 rings (SSSR count). The molecule has 1 aliphatic rings. The van der Waals surface area contributed by atoms with Gasteiger partial charge in [-0.3, -0.25) is 4.98 Å². The Bertz CT molecular complexity index is 915. The van der Waals surface area contributed by atoms with Crippen LogP contribution in [0.3, 0.4) is 0 Å². The molecule has 2 atom stereocenters. The number of thiocarbonyl (C=S) groups is 1. The molecule has 25 heavy (non-hydrogen) atoms. The molecule has 0 amide bonds. The van der Waals surface area contributed by atoms with Gasteiger partial charge in [0, 0.05) is 11.1 Å². The molecule has 0 saturated carbocycles. The minimum Gasteiger partial charge on any atom is -0.506 e. The van der Waals surface area contributed by atoms with Gasteiger partial charge < -0.3 is 15.3 Å². The van der Waals surface area contributed by atoms with E-state index in [1.54, 1.807) is 18.3 Å². The number of hydrogen-bond donors (Lipinski definition) is 2. The summed E-state index contributed by atoms with van der Waals surface area (Å²) >= 11 is 13.3. The number of pyridine rings is 1. The van der Waals surface area contributed by atoms with E-state index < -0.39 is 0 Å². The Balaban J connectivity index is 1.85. The predicted octanol–water partition coefficient (Wildman–Crippen LogP) is 4.68. The van der Waals surface area contributed by atoms with Gasteiger partial charge in [-0.15, -0.1) is 11.3 Å². The standard InChI is InChI=1S/C18H14ClN3OS2/c19-15-9-8-14(25-15)17-16(11-5-3-4-10-20-11)21-18(24)22(17)12-6-1-2-7-13(12)23/h1-10,16-17,23H,(H,21,24). The van der Waals surface area contributed by atoms with Crippen LogP contribution in [-0.4, -0.2) is 15.2 Å². The van der Waals surface area contributed by atoms with Gasteiger partial charge in [0.15, 0.2) is 5.11 Å². The summed E-state index contributed by atoms with van der Waals surface area (Å²) in [5.74, 6) is 0.181. The van der Waals surface area contributed by atoms with E-state index in [1.165, 1.54) is 11.3 Å². The lowest BCUT2D eigenvalue weighted by molar-refractivity contribution is 0.473. The molecule has 2 unspecified atom stereocenters. The minimum absolute atomic E-state index is 0.136. The van der Waals surface area contributed by atoms with E-state index in [0.717, 1.165) is 10.6 Å². The summed E-state index contributed by atoms with van der Waals surface area (Å²) in [6, 6.07) is 16.6. The van der Waals surface area contributed by atoms with Crippen LogP contribution < -0.4 is 10.2 Å². The normalized spacial score (nSPS) is 19.9. The lowest BCUT2D eigenvalue weighted by Crippen LogP contribution is -2.29.